The zero-order chi connectivity index (χ0) is 36.9. The van der Waals surface area contributed by atoms with Crippen LogP contribution in [0.1, 0.15) is 22.3 Å². The predicted molar refractivity (Wildman–Crippen MR) is 183 cm³/mol. The normalized spacial score (nSPS) is 12.5. The summed E-state index contributed by atoms with van der Waals surface area (Å²) in [6.45, 7) is 19.3. The van der Waals surface area contributed by atoms with E-state index in [1.54, 1.807) is 34.1 Å². The maximum Gasteiger partial charge on any atom is 0.416 e. The first kappa shape index (κ1) is 33.7. The highest BCUT2D eigenvalue weighted by atomic mass is 19.4. The molecule has 52 heavy (non-hydrogen) atoms. The van der Waals surface area contributed by atoms with Gasteiger partial charge in [-0.25, -0.2) is 9.97 Å². The lowest BCUT2D eigenvalue weighted by Crippen LogP contribution is -2.28. The Morgan fingerprint density at radius 2 is 0.769 bits per heavy atom. The van der Waals surface area contributed by atoms with Crippen LogP contribution < -0.4 is 9.80 Å². The van der Waals surface area contributed by atoms with Crippen molar-refractivity contribution in [2.45, 2.75) is 26.2 Å². The smallest absolute Gasteiger partial charge is 0.370 e. The fraction of sp³-hybridized carbons (Fsp3) is 0.105. The molecule has 0 saturated heterocycles. The van der Waals surface area contributed by atoms with Crippen molar-refractivity contribution in [1.82, 2.24) is 19.9 Å². The molecule has 0 aliphatic carbocycles. The standard InChI is InChI=1S/C38H22F6N8/c1-21-5-17-27(18-6-21)51-33-34(52(28-19-7-22(2)8-20-28)36-35(51)49-31(45-3)32(46-4)50-36)48-30(24-11-15-26(16-12-24)38(42,43)44)29(47-33)23-9-13-25(14-10-23)37(39,40)41/h5-20H,1-2H3. The summed E-state index contributed by atoms with van der Waals surface area (Å²) in [5.41, 5.74) is 1.58. The minimum atomic E-state index is -4.62. The van der Waals surface area contributed by atoms with Gasteiger partial charge in [0, 0.05) is 11.1 Å². The van der Waals surface area contributed by atoms with Crippen molar-refractivity contribution in [3.63, 3.8) is 0 Å². The maximum absolute atomic E-state index is 13.6. The third-order valence-corrected chi connectivity index (χ3v) is 8.30. The molecule has 8 nitrogen and oxygen atoms in total. The van der Waals surface area contributed by atoms with Gasteiger partial charge in [0.1, 0.15) is 0 Å². The van der Waals surface area contributed by atoms with Crippen molar-refractivity contribution in [2.24, 2.45) is 0 Å². The minimum absolute atomic E-state index is 0.0628. The van der Waals surface area contributed by atoms with Crippen LogP contribution in [0.4, 0.5) is 72.6 Å². The number of anilines is 6. The van der Waals surface area contributed by atoms with Crippen molar-refractivity contribution in [3.05, 3.63) is 142 Å². The first-order valence-corrected chi connectivity index (χ1v) is 15.4. The molecular weight excluding hydrogens is 682 g/mol. The predicted octanol–water partition coefficient (Wildman–Crippen LogP) is 11.6. The molecule has 0 atom stereocenters. The lowest BCUT2D eigenvalue weighted by molar-refractivity contribution is -0.138. The van der Waals surface area contributed by atoms with E-state index in [-0.39, 0.29) is 57.4 Å². The minimum Gasteiger partial charge on any atom is -0.370 e. The summed E-state index contributed by atoms with van der Waals surface area (Å²) >= 11 is 0. The Bertz CT molecular complexity index is 2240. The molecule has 0 N–H and O–H groups in total. The second kappa shape index (κ2) is 12.5. The average Bonchev–Trinajstić information content (AvgIpc) is 3.13. The number of fused-ring (bicyclic) bond motifs is 2. The largest absolute Gasteiger partial charge is 0.416 e. The van der Waals surface area contributed by atoms with Crippen molar-refractivity contribution >= 4 is 46.3 Å². The molecule has 3 heterocycles. The van der Waals surface area contributed by atoms with Gasteiger partial charge in [-0.3, -0.25) is 9.80 Å². The van der Waals surface area contributed by atoms with Gasteiger partial charge in [-0.15, -0.1) is 9.97 Å². The van der Waals surface area contributed by atoms with Crippen molar-refractivity contribution in [1.29, 1.82) is 0 Å². The Labute approximate surface area is 292 Å². The molecule has 7 rings (SSSR count). The molecule has 4 aromatic carbocycles. The highest BCUT2D eigenvalue weighted by Crippen LogP contribution is 2.54. The van der Waals surface area contributed by atoms with Crippen LogP contribution in [0.25, 0.3) is 32.2 Å². The topological polar surface area (TPSA) is 66.8 Å². The Hall–Kier alpha value is -6.80. The van der Waals surface area contributed by atoms with E-state index in [0.29, 0.717) is 11.4 Å². The highest BCUT2D eigenvalue weighted by Gasteiger charge is 2.42. The number of alkyl halides is 6. The van der Waals surface area contributed by atoms with Crippen LogP contribution >= 0.6 is 0 Å². The zero-order valence-electron chi connectivity index (χ0n) is 27.1. The number of aryl methyl sites for hydroxylation is 2. The maximum atomic E-state index is 13.6. The van der Waals surface area contributed by atoms with Crippen molar-refractivity contribution in [3.8, 4) is 22.5 Å². The van der Waals surface area contributed by atoms with Crippen LogP contribution in [0.2, 0.25) is 0 Å². The molecule has 14 heteroatoms. The number of hydrogen-bond acceptors (Lipinski definition) is 6. The first-order chi connectivity index (χ1) is 24.8. The van der Waals surface area contributed by atoms with Gasteiger partial charge in [-0.1, -0.05) is 72.8 Å². The second-order valence-electron chi connectivity index (χ2n) is 11.8. The molecule has 1 aliphatic heterocycles. The van der Waals surface area contributed by atoms with Crippen LogP contribution in [-0.2, 0) is 12.4 Å². The van der Waals surface area contributed by atoms with Gasteiger partial charge >= 0.3 is 24.0 Å². The van der Waals surface area contributed by atoms with E-state index in [4.69, 9.17) is 23.1 Å². The fourth-order valence-electron chi connectivity index (χ4n) is 5.68. The van der Waals surface area contributed by atoms with Gasteiger partial charge in [0.25, 0.3) is 11.6 Å². The van der Waals surface area contributed by atoms with Gasteiger partial charge < -0.3 is 9.69 Å². The molecule has 6 aromatic rings. The number of aromatic nitrogens is 4. The average molecular weight is 705 g/mol. The van der Waals surface area contributed by atoms with Crippen LogP contribution in [0.5, 0.6) is 0 Å². The molecule has 256 valence electrons. The molecule has 0 amide bonds. The van der Waals surface area contributed by atoms with E-state index in [1.165, 1.54) is 24.3 Å². The number of rotatable bonds is 4. The zero-order valence-corrected chi connectivity index (χ0v) is 27.1. The number of nitrogens with zero attached hydrogens (tertiary/aromatic N) is 8. The van der Waals surface area contributed by atoms with Gasteiger partial charge in [-0.05, 0) is 62.4 Å². The molecule has 2 aromatic heterocycles. The molecule has 0 unspecified atom stereocenters. The molecule has 0 fully saturated rings. The lowest BCUT2D eigenvalue weighted by atomic mass is 10.0. The SMILES string of the molecule is [C-]#[N+]c1nc2c(nc1[N+]#[C-])N(c1ccc(C)cc1)c1nc(-c3ccc(C(F)(F)F)cc3)c(-c3ccc(C(F)(F)F)cc3)nc1N2c1ccc(C)cc1. The Balaban J connectivity index is 1.59. The molecule has 0 radical (unpaired) electrons. The number of benzene rings is 4. The van der Waals surface area contributed by atoms with E-state index >= 15 is 0 Å². The molecule has 0 bridgehead atoms. The van der Waals surface area contributed by atoms with Crippen molar-refractivity contribution < 1.29 is 26.3 Å². The summed E-state index contributed by atoms with van der Waals surface area (Å²) in [5, 5.41) is 0. The molecule has 1 aliphatic rings. The van der Waals surface area contributed by atoms with Crippen LogP contribution in [-0.4, -0.2) is 19.9 Å². The highest BCUT2D eigenvalue weighted by molar-refractivity contribution is 5.99. The van der Waals surface area contributed by atoms with Gasteiger partial charge in [0.2, 0.25) is 0 Å². The summed E-state index contributed by atoms with van der Waals surface area (Å²) in [7, 11) is 0. The molecular formula is C38H22F6N8. The fourth-order valence-corrected chi connectivity index (χ4v) is 5.68. The molecule has 0 spiro atoms. The molecule has 0 saturated carbocycles. The van der Waals surface area contributed by atoms with E-state index in [1.807, 2.05) is 38.1 Å². The summed E-state index contributed by atoms with van der Waals surface area (Å²) in [4.78, 5) is 29.2. The second-order valence-corrected chi connectivity index (χ2v) is 11.8. The van der Waals surface area contributed by atoms with Crippen LogP contribution in [0, 0.1) is 27.0 Å². The monoisotopic (exact) mass is 704 g/mol. The Kier molecular flexibility index (Phi) is 8.10. The van der Waals surface area contributed by atoms with Gasteiger partial charge in [0.05, 0.1) is 33.9 Å². The third kappa shape index (κ3) is 6.00. The number of hydrogen-bond donors (Lipinski definition) is 0. The van der Waals surface area contributed by atoms with E-state index < -0.39 is 23.5 Å². The summed E-state index contributed by atoms with van der Waals surface area (Å²) < 4.78 is 81.6. The lowest BCUT2D eigenvalue weighted by Gasteiger charge is -2.34. The van der Waals surface area contributed by atoms with Gasteiger partial charge in [-0.2, -0.15) is 26.3 Å². The van der Waals surface area contributed by atoms with E-state index in [9.17, 15) is 26.3 Å². The first-order valence-electron chi connectivity index (χ1n) is 15.4. The van der Waals surface area contributed by atoms with Gasteiger partial charge in [0.15, 0.2) is 11.6 Å². The summed E-state index contributed by atoms with van der Waals surface area (Å²) in [5.74, 6) is -0.0481. The third-order valence-electron chi connectivity index (χ3n) is 8.30. The van der Waals surface area contributed by atoms with Crippen molar-refractivity contribution in [2.75, 3.05) is 9.80 Å². The Morgan fingerprint density at radius 3 is 1.06 bits per heavy atom. The van der Waals surface area contributed by atoms with E-state index in [0.717, 1.165) is 35.4 Å². The van der Waals surface area contributed by atoms with Crippen LogP contribution in [0.3, 0.4) is 0 Å². The summed E-state index contributed by atoms with van der Waals surface area (Å²) in [6, 6.07) is 22.8. The number of halogens is 6. The van der Waals surface area contributed by atoms with Crippen LogP contribution in [0.15, 0.2) is 97.1 Å². The Morgan fingerprint density at radius 1 is 0.462 bits per heavy atom. The van der Waals surface area contributed by atoms with E-state index in [2.05, 4.69) is 19.7 Å². The summed E-state index contributed by atoms with van der Waals surface area (Å²) in [6.07, 6.45) is -9.25. The quantitative estimate of drug-likeness (QED) is 0.134.